The van der Waals surface area contributed by atoms with E-state index in [4.69, 9.17) is 5.73 Å². The van der Waals surface area contributed by atoms with Crippen LogP contribution in [0.1, 0.15) is 24.2 Å². The zero-order valence-corrected chi connectivity index (χ0v) is 11.5. The Morgan fingerprint density at radius 1 is 1.56 bits per heavy atom. The molecule has 16 heavy (non-hydrogen) atoms. The van der Waals surface area contributed by atoms with Crippen LogP contribution in [-0.2, 0) is 13.6 Å². The number of piperidine rings is 1. The molecule has 2 rings (SSSR count). The molecule has 1 unspecified atom stereocenters. The van der Waals surface area contributed by atoms with Gasteiger partial charge in [0, 0.05) is 26.2 Å². The summed E-state index contributed by atoms with van der Waals surface area (Å²) in [5.74, 6) is 0. The van der Waals surface area contributed by atoms with Crippen LogP contribution < -0.4 is 5.73 Å². The lowest BCUT2D eigenvalue weighted by atomic mass is 10.1. The standard InChI is InChI=1S/C11H19BrN4/c1-8-11(12)10(15(2)14-8)7-16-5-3-4-9(13)6-16/h9H,3-7,13H2,1-2H3. The summed E-state index contributed by atoms with van der Waals surface area (Å²) in [6.07, 6.45) is 2.36. The first-order chi connectivity index (χ1) is 7.58. The van der Waals surface area contributed by atoms with Crippen molar-refractivity contribution in [1.82, 2.24) is 14.7 Å². The largest absolute Gasteiger partial charge is 0.327 e. The summed E-state index contributed by atoms with van der Waals surface area (Å²) in [4.78, 5) is 2.41. The van der Waals surface area contributed by atoms with Crippen molar-refractivity contribution in [1.29, 1.82) is 0 Å². The molecule has 0 spiro atoms. The molecule has 1 aromatic rings. The Labute approximate surface area is 105 Å². The van der Waals surface area contributed by atoms with E-state index in [0.29, 0.717) is 6.04 Å². The van der Waals surface area contributed by atoms with Crippen molar-refractivity contribution in [3.63, 3.8) is 0 Å². The van der Waals surface area contributed by atoms with Gasteiger partial charge in [0.15, 0.2) is 0 Å². The van der Waals surface area contributed by atoms with Crippen LogP contribution in [0.25, 0.3) is 0 Å². The number of nitrogens with zero attached hydrogens (tertiary/aromatic N) is 3. The first kappa shape index (κ1) is 12.1. The van der Waals surface area contributed by atoms with Crippen LogP contribution in [0.5, 0.6) is 0 Å². The molecule has 5 heteroatoms. The van der Waals surface area contributed by atoms with E-state index in [9.17, 15) is 0 Å². The molecule has 0 aliphatic carbocycles. The molecule has 2 heterocycles. The summed E-state index contributed by atoms with van der Waals surface area (Å²) < 4.78 is 3.09. The number of aryl methyl sites for hydroxylation is 2. The quantitative estimate of drug-likeness (QED) is 0.894. The van der Waals surface area contributed by atoms with Crippen molar-refractivity contribution in [2.75, 3.05) is 13.1 Å². The minimum Gasteiger partial charge on any atom is -0.327 e. The predicted molar refractivity (Wildman–Crippen MR) is 68.1 cm³/mol. The molecular weight excluding hydrogens is 268 g/mol. The molecule has 0 saturated carbocycles. The van der Waals surface area contributed by atoms with Gasteiger partial charge in [-0.1, -0.05) is 0 Å². The Morgan fingerprint density at radius 3 is 2.88 bits per heavy atom. The fraction of sp³-hybridized carbons (Fsp3) is 0.727. The Bertz CT molecular complexity index is 374. The molecule has 1 aliphatic rings. The van der Waals surface area contributed by atoms with Gasteiger partial charge in [0.1, 0.15) is 0 Å². The first-order valence-corrected chi connectivity index (χ1v) is 6.53. The number of hydrogen-bond donors (Lipinski definition) is 1. The van der Waals surface area contributed by atoms with Crippen molar-refractivity contribution in [3.8, 4) is 0 Å². The third-order valence-electron chi connectivity index (χ3n) is 3.18. The monoisotopic (exact) mass is 286 g/mol. The molecule has 1 fully saturated rings. The third kappa shape index (κ3) is 2.47. The second-order valence-corrected chi connectivity index (χ2v) is 5.40. The maximum atomic E-state index is 5.98. The van der Waals surface area contributed by atoms with Crippen LogP contribution in [-0.4, -0.2) is 33.8 Å². The molecule has 0 radical (unpaired) electrons. The normalized spacial score (nSPS) is 22.6. The Balaban J connectivity index is 2.08. The number of nitrogens with two attached hydrogens (primary N) is 1. The van der Waals surface area contributed by atoms with E-state index in [0.717, 1.165) is 36.2 Å². The zero-order valence-electron chi connectivity index (χ0n) is 9.91. The molecule has 1 saturated heterocycles. The highest BCUT2D eigenvalue weighted by molar-refractivity contribution is 9.10. The highest BCUT2D eigenvalue weighted by Crippen LogP contribution is 2.22. The smallest absolute Gasteiger partial charge is 0.0739 e. The molecular formula is C11H19BrN4. The van der Waals surface area contributed by atoms with Crippen molar-refractivity contribution in [3.05, 3.63) is 15.9 Å². The summed E-state index contributed by atoms with van der Waals surface area (Å²) in [5, 5.41) is 4.41. The van der Waals surface area contributed by atoms with Crippen LogP contribution in [0.15, 0.2) is 4.47 Å². The second-order valence-electron chi connectivity index (χ2n) is 4.61. The maximum absolute atomic E-state index is 5.98. The lowest BCUT2D eigenvalue weighted by molar-refractivity contribution is 0.197. The van der Waals surface area contributed by atoms with Gasteiger partial charge in [-0.2, -0.15) is 5.10 Å². The Morgan fingerprint density at radius 2 is 2.31 bits per heavy atom. The van der Waals surface area contributed by atoms with Crippen LogP contribution >= 0.6 is 15.9 Å². The van der Waals surface area contributed by atoms with Gasteiger partial charge in [-0.25, -0.2) is 0 Å². The van der Waals surface area contributed by atoms with Crippen molar-refractivity contribution in [2.45, 2.75) is 32.4 Å². The number of aromatic nitrogens is 2. The van der Waals surface area contributed by atoms with Gasteiger partial charge in [-0.05, 0) is 42.2 Å². The van der Waals surface area contributed by atoms with Gasteiger partial charge < -0.3 is 5.73 Å². The molecule has 1 aliphatic heterocycles. The van der Waals surface area contributed by atoms with Crippen LogP contribution in [0.2, 0.25) is 0 Å². The molecule has 4 nitrogen and oxygen atoms in total. The highest BCUT2D eigenvalue weighted by Gasteiger charge is 2.19. The Kier molecular flexibility index (Phi) is 3.66. The predicted octanol–water partition coefficient (Wildman–Crippen LogP) is 1.41. The van der Waals surface area contributed by atoms with Gasteiger partial charge in [0.25, 0.3) is 0 Å². The number of halogens is 1. The summed E-state index contributed by atoms with van der Waals surface area (Å²) in [6, 6.07) is 0.335. The number of hydrogen-bond acceptors (Lipinski definition) is 3. The molecule has 1 aromatic heterocycles. The molecule has 1 atom stereocenters. The van der Waals surface area contributed by atoms with Crippen LogP contribution in [0, 0.1) is 6.92 Å². The molecule has 2 N–H and O–H groups in total. The highest BCUT2D eigenvalue weighted by atomic mass is 79.9. The van der Waals surface area contributed by atoms with E-state index in [-0.39, 0.29) is 0 Å². The molecule has 0 bridgehead atoms. The van der Waals surface area contributed by atoms with E-state index in [1.165, 1.54) is 12.1 Å². The van der Waals surface area contributed by atoms with Gasteiger partial charge >= 0.3 is 0 Å². The summed E-state index contributed by atoms with van der Waals surface area (Å²) >= 11 is 3.60. The van der Waals surface area contributed by atoms with Gasteiger partial charge in [0.05, 0.1) is 15.9 Å². The number of likely N-dealkylation sites (tertiary alicyclic amines) is 1. The molecule has 0 amide bonds. The first-order valence-electron chi connectivity index (χ1n) is 5.74. The minimum absolute atomic E-state index is 0.335. The van der Waals surface area contributed by atoms with Gasteiger partial charge in [0.2, 0.25) is 0 Å². The van der Waals surface area contributed by atoms with Crippen molar-refractivity contribution < 1.29 is 0 Å². The van der Waals surface area contributed by atoms with E-state index < -0.39 is 0 Å². The van der Waals surface area contributed by atoms with E-state index in [1.54, 1.807) is 0 Å². The SMILES string of the molecule is Cc1nn(C)c(CN2CCCC(N)C2)c1Br. The Hall–Kier alpha value is -0.390. The topological polar surface area (TPSA) is 47.1 Å². The maximum Gasteiger partial charge on any atom is 0.0739 e. The van der Waals surface area contributed by atoms with E-state index >= 15 is 0 Å². The third-order valence-corrected chi connectivity index (χ3v) is 4.21. The fourth-order valence-electron chi connectivity index (χ4n) is 2.30. The lowest BCUT2D eigenvalue weighted by Gasteiger charge is -2.30. The summed E-state index contributed by atoms with van der Waals surface area (Å²) in [7, 11) is 2.00. The van der Waals surface area contributed by atoms with Gasteiger partial charge in [-0.3, -0.25) is 9.58 Å². The van der Waals surface area contributed by atoms with Crippen LogP contribution in [0.3, 0.4) is 0 Å². The van der Waals surface area contributed by atoms with E-state index in [1.807, 2.05) is 18.7 Å². The zero-order chi connectivity index (χ0) is 11.7. The average Bonchev–Trinajstić information content (AvgIpc) is 2.45. The molecule has 0 aromatic carbocycles. The second kappa shape index (κ2) is 4.85. The summed E-state index contributed by atoms with van der Waals surface area (Å²) in [5.41, 5.74) is 8.28. The van der Waals surface area contributed by atoms with Crippen LogP contribution in [0.4, 0.5) is 0 Å². The van der Waals surface area contributed by atoms with Crippen molar-refractivity contribution in [2.24, 2.45) is 12.8 Å². The molecule has 90 valence electrons. The number of rotatable bonds is 2. The van der Waals surface area contributed by atoms with Gasteiger partial charge in [-0.15, -0.1) is 0 Å². The average molecular weight is 287 g/mol. The summed E-state index contributed by atoms with van der Waals surface area (Å²) in [6.45, 7) is 5.10. The minimum atomic E-state index is 0.335. The lowest BCUT2D eigenvalue weighted by Crippen LogP contribution is -2.42. The fourth-order valence-corrected chi connectivity index (χ4v) is 2.76. The van der Waals surface area contributed by atoms with E-state index in [2.05, 4.69) is 25.9 Å². The van der Waals surface area contributed by atoms with Crippen molar-refractivity contribution >= 4 is 15.9 Å².